The Hall–Kier alpha value is -2.84. The fourth-order valence-electron chi connectivity index (χ4n) is 2.48. The zero-order valence-corrected chi connectivity index (χ0v) is 14.4. The molecule has 3 heteroatoms. The third-order valence-electron chi connectivity index (χ3n) is 3.81. The minimum absolute atomic E-state index is 0.0592. The van der Waals surface area contributed by atoms with Crippen molar-refractivity contribution in [2.45, 2.75) is 6.54 Å². The van der Waals surface area contributed by atoms with Gasteiger partial charge in [-0.05, 0) is 35.4 Å². The average Bonchev–Trinajstić information content (AvgIpc) is 2.67. The molecule has 0 heterocycles. The minimum atomic E-state index is -0.0592. The fourth-order valence-corrected chi connectivity index (χ4v) is 2.60. The summed E-state index contributed by atoms with van der Waals surface area (Å²) < 4.78 is 0. The summed E-state index contributed by atoms with van der Waals surface area (Å²) in [5.74, 6) is -0.0592. The van der Waals surface area contributed by atoms with Crippen LogP contribution in [-0.4, -0.2) is 5.78 Å². The van der Waals surface area contributed by atoms with E-state index in [0.717, 1.165) is 16.8 Å². The molecule has 25 heavy (non-hydrogen) atoms. The van der Waals surface area contributed by atoms with E-state index < -0.39 is 0 Å². The maximum Gasteiger partial charge on any atom is 0.187 e. The molecule has 3 rings (SSSR count). The highest BCUT2D eigenvalue weighted by atomic mass is 35.5. The molecule has 0 bridgehead atoms. The summed E-state index contributed by atoms with van der Waals surface area (Å²) in [6.45, 7) is 0.648. The van der Waals surface area contributed by atoms with E-state index in [2.05, 4.69) is 17.4 Å². The Morgan fingerprint density at radius 3 is 2.04 bits per heavy atom. The highest BCUT2D eigenvalue weighted by Crippen LogP contribution is 2.16. The number of benzene rings is 3. The second kappa shape index (κ2) is 8.32. The first-order chi connectivity index (χ1) is 12.2. The van der Waals surface area contributed by atoms with Gasteiger partial charge in [-0.3, -0.25) is 4.79 Å². The van der Waals surface area contributed by atoms with Crippen LogP contribution in [0.25, 0.3) is 5.70 Å². The van der Waals surface area contributed by atoms with Gasteiger partial charge in [0.2, 0.25) is 0 Å². The summed E-state index contributed by atoms with van der Waals surface area (Å²) >= 11 is 5.90. The van der Waals surface area contributed by atoms with E-state index in [1.807, 2.05) is 48.5 Å². The molecule has 0 spiro atoms. The van der Waals surface area contributed by atoms with Crippen LogP contribution in [0.2, 0.25) is 5.02 Å². The van der Waals surface area contributed by atoms with Gasteiger partial charge in [0.05, 0.1) is 0 Å². The molecule has 0 radical (unpaired) electrons. The van der Waals surface area contributed by atoms with Crippen LogP contribution >= 0.6 is 11.6 Å². The van der Waals surface area contributed by atoms with Crippen LogP contribution in [0.4, 0.5) is 0 Å². The Morgan fingerprint density at radius 2 is 1.40 bits per heavy atom. The molecule has 0 unspecified atom stereocenters. The van der Waals surface area contributed by atoms with Crippen LogP contribution < -0.4 is 5.32 Å². The molecule has 124 valence electrons. The largest absolute Gasteiger partial charge is 0.380 e. The van der Waals surface area contributed by atoms with Crippen molar-refractivity contribution in [1.29, 1.82) is 0 Å². The van der Waals surface area contributed by atoms with E-state index in [0.29, 0.717) is 17.1 Å². The molecule has 0 aliphatic rings. The van der Waals surface area contributed by atoms with Gasteiger partial charge in [0.1, 0.15) is 0 Å². The SMILES string of the molecule is O=C(/C=C(\NCc1ccccc1)c1ccccc1)c1ccc(Cl)cc1. The first-order valence-corrected chi connectivity index (χ1v) is 8.45. The van der Waals surface area contributed by atoms with Gasteiger partial charge in [0.25, 0.3) is 0 Å². The number of halogens is 1. The summed E-state index contributed by atoms with van der Waals surface area (Å²) in [6, 6.07) is 26.9. The standard InChI is InChI=1S/C22H18ClNO/c23-20-13-11-19(12-14-20)22(25)15-21(18-9-5-2-6-10-18)24-16-17-7-3-1-4-8-17/h1-15,24H,16H2/b21-15-. The molecule has 0 saturated carbocycles. The van der Waals surface area contributed by atoms with Gasteiger partial charge in [0.15, 0.2) is 5.78 Å². The van der Waals surface area contributed by atoms with Crippen molar-refractivity contribution in [3.05, 3.63) is 113 Å². The fraction of sp³-hybridized carbons (Fsp3) is 0.0455. The van der Waals surface area contributed by atoms with Crippen LogP contribution in [0.1, 0.15) is 21.5 Å². The van der Waals surface area contributed by atoms with E-state index in [9.17, 15) is 4.79 Å². The Balaban J connectivity index is 1.85. The molecule has 0 atom stereocenters. The van der Waals surface area contributed by atoms with Gasteiger partial charge in [-0.25, -0.2) is 0 Å². The van der Waals surface area contributed by atoms with Crippen molar-refractivity contribution in [1.82, 2.24) is 5.32 Å². The second-order valence-electron chi connectivity index (χ2n) is 5.63. The number of carbonyl (C=O) groups is 1. The lowest BCUT2D eigenvalue weighted by Crippen LogP contribution is -2.13. The van der Waals surface area contributed by atoms with E-state index in [1.165, 1.54) is 0 Å². The number of allylic oxidation sites excluding steroid dienone is 1. The van der Waals surface area contributed by atoms with Crippen LogP contribution in [-0.2, 0) is 6.54 Å². The number of hydrogen-bond donors (Lipinski definition) is 1. The summed E-state index contributed by atoms with van der Waals surface area (Å²) in [5, 5.41) is 4.00. The molecule has 3 aromatic carbocycles. The highest BCUT2D eigenvalue weighted by Gasteiger charge is 2.07. The topological polar surface area (TPSA) is 29.1 Å². The summed E-state index contributed by atoms with van der Waals surface area (Å²) in [5.41, 5.74) is 3.53. The van der Waals surface area contributed by atoms with Crippen LogP contribution in [0, 0.1) is 0 Å². The van der Waals surface area contributed by atoms with Crippen LogP contribution in [0.5, 0.6) is 0 Å². The first-order valence-electron chi connectivity index (χ1n) is 8.07. The Kier molecular flexibility index (Phi) is 5.65. The monoisotopic (exact) mass is 347 g/mol. The summed E-state index contributed by atoms with van der Waals surface area (Å²) in [4.78, 5) is 12.6. The normalized spacial score (nSPS) is 11.2. The zero-order valence-electron chi connectivity index (χ0n) is 13.7. The van der Waals surface area contributed by atoms with Gasteiger partial charge in [0, 0.05) is 28.9 Å². The average molecular weight is 348 g/mol. The third kappa shape index (κ3) is 4.82. The number of carbonyl (C=O) groups excluding carboxylic acids is 1. The van der Waals surface area contributed by atoms with Crippen molar-refractivity contribution in [2.24, 2.45) is 0 Å². The molecule has 0 aliphatic heterocycles. The van der Waals surface area contributed by atoms with E-state index in [1.54, 1.807) is 30.3 Å². The number of hydrogen-bond acceptors (Lipinski definition) is 2. The number of rotatable bonds is 6. The molecule has 0 saturated heterocycles. The van der Waals surface area contributed by atoms with Gasteiger partial charge in [-0.15, -0.1) is 0 Å². The van der Waals surface area contributed by atoms with E-state index in [4.69, 9.17) is 11.6 Å². The van der Waals surface area contributed by atoms with Crippen LogP contribution in [0.3, 0.4) is 0 Å². The van der Waals surface area contributed by atoms with Crippen molar-refractivity contribution in [2.75, 3.05) is 0 Å². The molecule has 0 aliphatic carbocycles. The van der Waals surface area contributed by atoms with E-state index >= 15 is 0 Å². The lowest BCUT2D eigenvalue weighted by Gasteiger charge is -2.12. The Morgan fingerprint density at radius 1 is 0.800 bits per heavy atom. The molecule has 3 aromatic rings. The predicted molar refractivity (Wildman–Crippen MR) is 103 cm³/mol. The second-order valence-corrected chi connectivity index (χ2v) is 6.07. The molecule has 0 amide bonds. The molecule has 1 N–H and O–H groups in total. The van der Waals surface area contributed by atoms with Crippen molar-refractivity contribution in [3.63, 3.8) is 0 Å². The molecule has 0 fully saturated rings. The van der Waals surface area contributed by atoms with Gasteiger partial charge >= 0.3 is 0 Å². The highest BCUT2D eigenvalue weighted by molar-refractivity contribution is 6.30. The smallest absolute Gasteiger partial charge is 0.187 e. The Bertz CT molecular complexity index is 856. The predicted octanol–water partition coefficient (Wildman–Crippen LogP) is 5.35. The van der Waals surface area contributed by atoms with Crippen molar-refractivity contribution < 1.29 is 4.79 Å². The molecular formula is C22H18ClNO. The first kappa shape index (κ1) is 17.0. The van der Waals surface area contributed by atoms with Crippen LogP contribution in [0.15, 0.2) is 91.0 Å². The van der Waals surface area contributed by atoms with Crippen molar-refractivity contribution in [3.8, 4) is 0 Å². The molecular weight excluding hydrogens is 330 g/mol. The zero-order chi connectivity index (χ0) is 17.5. The van der Waals surface area contributed by atoms with Gasteiger partial charge < -0.3 is 5.32 Å². The quantitative estimate of drug-likeness (QED) is 0.481. The maximum atomic E-state index is 12.6. The third-order valence-corrected chi connectivity index (χ3v) is 4.07. The lowest BCUT2D eigenvalue weighted by molar-refractivity contribution is 0.104. The number of ketones is 1. The molecule has 2 nitrogen and oxygen atoms in total. The Labute approximate surface area is 152 Å². The number of nitrogens with one attached hydrogen (secondary N) is 1. The summed E-state index contributed by atoms with van der Waals surface area (Å²) in [6.07, 6.45) is 1.64. The van der Waals surface area contributed by atoms with Gasteiger partial charge in [-0.1, -0.05) is 72.3 Å². The molecule has 0 aromatic heterocycles. The lowest BCUT2D eigenvalue weighted by atomic mass is 10.1. The van der Waals surface area contributed by atoms with E-state index in [-0.39, 0.29) is 5.78 Å². The van der Waals surface area contributed by atoms with Crippen molar-refractivity contribution >= 4 is 23.1 Å². The minimum Gasteiger partial charge on any atom is -0.380 e. The maximum absolute atomic E-state index is 12.6. The van der Waals surface area contributed by atoms with Gasteiger partial charge in [-0.2, -0.15) is 0 Å². The summed E-state index contributed by atoms with van der Waals surface area (Å²) in [7, 11) is 0.